The number of carbonyl (C=O) groups excluding carboxylic acids is 2. The van der Waals surface area contributed by atoms with E-state index in [1.54, 1.807) is 4.90 Å². The van der Waals surface area contributed by atoms with Crippen molar-refractivity contribution < 1.29 is 9.59 Å². The first-order valence-electron chi connectivity index (χ1n) is 11.4. The first-order chi connectivity index (χ1) is 16.0. The van der Waals surface area contributed by atoms with Crippen LogP contribution in [0, 0.1) is 6.92 Å². The summed E-state index contributed by atoms with van der Waals surface area (Å²) >= 11 is 3.52. The smallest absolute Gasteiger partial charge is 0.243 e. The van der Waals surface area contributed by atoms with Crippen molar-refractivity contribution in [3.63, 3.8) is 0 Å². The molecule has 0 saturated heterocycles. The van der Waals surface area contributed by atoms with Gasteiger partial charge in [-0.25, -0.2) is 0 Å². The molecule has 172 valence electrons. The van der Waals surface area contributed by atoms with E-state index in [0.717, 1.165) is 33.1 Å². The van der Waals surface area contributed by atoms with Crippen LogP contribution in [0.15, 0.2) is 83.3 Å². The van der Waals surface area contributed by atoms with Gasteiger partial charge >= 0.3 is 0 Å². The maximum absolute atomic E-state index is 13.7. The fraction of sp³-hybridized carbons (Fsp3) is 0.286. The SMILES string of the molecule is CCCNC(=O)[C@H](Cc1ccccc1)N(Cc1cccc(Br)c1)C(=O)Cc1cccc(C)c1. The van der Waals surface area contributed by atoms with Gasteiger partial charge in [0.1, 0.15) is 6.04 Å². The summed E-state index contributed by atoms with van der Waals surface area (Å²) in [6.07, 6.45) is 1.55. The Hall–Kier alpha value is -2.92. The lowest BCUT2D eigenvalue weighted by Crippen LogP contribution is -2.51. The minimum absolute atomic E-state index is 0.0619. The molecule has 0 radical (unpaired) electrons. The molecule has 3 aromatic carbocycles. The standard InChI is InChI=1S/C28H31BrN2O2/c1-3-15-30-28(33)26(18-22-10-5-4-6-11-22)31(20-24-13-8-14-25(29)17-24)27(32)19-23-12-7-9-21(2)16-23/h4-14,16-17,26H,3,15,18-20H2,1-2H3,(H,30,33)/t26-/m0/s1. The molecule has 0 bridgehead atoms. The van der Waals surface area contributed by atoms with Crippen molar-refractivity contribution in [2.75, 3.05) is 6.54 Å². The van der Waals surface area contributed by atoms with Gasteiger partial charge in [-0.15, -0.1) is 0 Å². The molecule has 3 rings (SSSR count). The third-order valence-electron chi connectivity index (χ3n) is 5.50. The molecule has 0 fully saturated rings. The van der Waals surface area contributed by atoms with Gasteiger partial charge < -0.3 is 10.2 Å². The monoisotopic (exact) mass is 506 g/mol. The topological polar surface area (TPSA) is 49.4 Å². The number of aryl methyl sites for hydroxylation is 1. The molecule has 5 heteroatoms. The van der Waals surface area contributed by atoms with Crippen LogP contribution in [0.25, 0.3) is 0 Å². The zero-order chi connectivity index (χ0) is 23.6. The van der Waals surface area contributed by atoms with Crippen LogP contribution >= 0.6 is 15.9 Å². The van der Waals surface area contributed by atoms with Crippen LogP contribution < -0.4 is 5.32 Å². The highest BCUT2D eigenvalue weighted by molar-refractivity contribution is 9.10. The van der Waals surface area contributed by atoms with Gasteiger partial charge in [0.15, 0.2) is 0 Å². The number of nitrogens with zero attached hydrogens (tertiary/aromatic N) is 1. The molecular weight excluding hydrogens is 476 g/mol. The van der Waals surface area contributed by atoms with Gasteiger partial charge in [-0.05, 0) is 42.2 Å². The lowest BCUT2D eigenvalue weighted by molar-refractivity contribution is -0.140. The van der Waals surface area contributed by atoms with Crippen molar-refractivity contribution in [2.45, 2.75) is 45.7 Å². The van der Waals surface area contributed by atoms with Gasteiger partial charge in [0.05, 0.1) is 6.42 Å². The number of hydrogen-bond acceptors (Lipinski definition) is 2. The van der Waals surface area contributed by atoms with E-state index in [0.29, 0.717) is 19.5 Å². The second-order valence-electron chi connectivity index (χ2n) is 8.31. The summed E-state index contributed by atoms with van der Waals surface area (Å²) in [5.74, 6) is -0.179. The van der Waals surface area contributed by atoms with Gasteiger partial charge in [0, 0.05) is 24.0 Å². The number of nitrogens with one attached hydrogen (secondary N) is 1. The fourth-order valence-corrected chi connectivity index (χ4v) is 4.30. The predicted molar refractivity (Wildman–Crippen MR) is 137 cm³/mol. The second-order valence-corrected chi connectivity index (χ2v) is 9.23. The zero-order valence-corrected chi connectivity index (χ0v) is 20.8. The van der Waals surface area contributed by atoms with E-state index in [1.165, 1.54) is 0 Å². The number of amides is 2. The molecule has 1 N–H and O–H groups in total. The third kappa shape index (κ3) is 7.57. The average molecular weight is 507 g/mol. The van der Waals surface area contributed by atoms with Crippen molar-refractivity contribution in [3.05, 3.63) is 106 Å². The molecule has 0 aliphatic carbocycles. The first kappa shape index (κ1) is 24.7. The van der Waals surface area contributed by atoms with Crippen LogP contribution in [0.2, 0.25) is 0 Å². The molecule has 0 spiro atoms. The van der Waals surface area contributed by atoms with E-state index < -0.39 is 6.04 Å². The molecule has 33 heavy (non-hydrogen) atoms. The van der Waals surface area contributed by atoms with Crippen LogP contribution in [0.5, 0.6) is 0 Å². The third-order valence-corrected chi connectivity index (χ3v) is 5.99. The summed E-state index contributed by atoms with van der Waals surface area (Å²) in [6.45, 7) is 4.99. The van der Waals surface area contributed by atoms with E-state index >= 15 is 0 Å². The largest absolute Gasteiger partial charge is 0.354 e. The average Bonchev–Trinajstić information content (AvgIpc) is 2.80. The van der Waals surface area contributed by atoms with E-state index in [-0.39, 0.29) is 18.2 Å². The number of rotatable bonds is 10. The van der Waals surface area contributed by atoms with E-state index in [4.69, 9.17) is 0 Å². The molecule has 0 aliphatic rings. The molecule has 0 saturated carbocycles. The minimum Gasteiger partial charge on any atom is -0.354 e. The molecule has 3 aromatic rings. The molecule has 4 nitrogen and oxygen atoms in total. The molecular formula is C28H31BrN2O2. The number of carbonyl (C=O) groups is 2. The lowest BCUT2D eigenvalue weighted by atomic mass is 10.0. The summed E-state index contributed by atoms with van der Waals surface area (Å²) in [6, 6.07) is 25.1. The van der Waals surface area contributed by atoms with Crippen LogP contribution in [0.3, 0.4) is 0 Å². The Labute approximate surface area is 205 Å². The summed E-state index contributed by atoms with van der Waals surface area (Å²) in [5.41, 5.74) is 4.06. The molecule has 0 heterocycles. The predicted octanol–water partition coefficient (Wildman–Crippen LogP) is 5.47. The lowest BCUT2D eigenvalue weighted by Gasteiger charge is -2.32. The van der Waals surface area contributed by atoms with Gasteiger partial charge in [0.2, 0.25) is 11.8 Å². The Morgan fingerprint density at radius 3 is 2.30 bits per heavy atom. The Bertz CT molecular complexity index is 1070. The number of hydrogen-bond donors (Lipinski definition) is 1. The Balaban J connectivity index is 1.95. The van der Waals surface area contributed by atoms with Crippen LogP contribution in [0.4, 0.5) is 0 Å². The van der Waals surface area contributed by atoms with Crippen LogP contribution in [-0.2, 0) is 29.0 Å². The summed E-state index contributed by atoms with van der Waals surface area (Å²) in [4.78, 5) is 28.7. The normalized spacial score (nSPS) is 11.6. The maximum Gasteiger partial charge on any atom is 0.243 e. The summed E-state index contributed by atoms with van der Waals surface area (Å²) < 4.78 is 0.945. The van der Waals surface area contributed by atoms with Gasteiger partial charge in [0.25, 0.3) is 0 Å². The van der Waals surface area contributed by atoms with Crippen molar-refractivity contribution in [2.24, 2.45) is 0 Å². The van der Waals surface area contributed by atoms with E-state index in [2.05, 4.69) is 21.2 Å². The highest BCUT2D eigenvalue weighted by atomic mass is 79.9. The van der Waals surface area contributed by atoms with Gasteiger partial charge in [-0.2, -0.15) is 0 Å². The number of benzene rings is 3. The van der Waals surface area contributed by atoms with E-state index in [1.807, 2.05) is 92.7 Å². The Morgan fingerprint density at radius 1 is 0.909 bits per heavy atom. The maximum atomic E-state index is 13.7. The Kier molecular flexibility index (Phi) is 9.25. The van der Waals surface area contributed by atoms with Crippen molar-refractivity contribution in [3.8, 4) is 0 Å². The number of halogens is 1. The van der Waals surface area contributed by atoms with Crippen LogP contribution in [-0.4, -0.2) is 29.3 Å². The Morgan fingerprint density at radius 2 is 1.61 bits per heavy atom. The molecule has 0 unspecified atom stereocenters. The molecule has 1 atom stereocenters. The fourth-order valence-electron chi connectivity index (χ4n) is 3.85. The highest BCUT2D eigenvalue weighted by Gasteiger charge is 2.30. The molecule has 2 amide bonds. The quantitative estimate of drug-likeness (QED) is 0.396. The molecule has 0 aromatic heterocycles. The van der Waals surface area contributed by atoms with Crippen molar-refractivity contribution >= 4 is 27.7 Å². The zero-order valence-electron chi connectivity index (χ0n) is 19.3. The van der Waals surface area contributed by atoms with E-state index in [9.17, 15) is 9.59 Å². The van der Waals surface area contributed by atoms with Crippen molar-refractivity contribution in [1.82, 2.24) is 10.2 Å². The van der Waals surface area contributed by atoms with Gasteiger partial charge in [-0.1, -0.05) is 95.1 Å². The van der Waals surface area contributed by atoms with Crippen molar-refractivity contribution in [1.29, 1.82) is 0 Å². The summed E-state index contributed by atoms with van der Waals surface area (Å²) in [5, 5.41) is 3.02. The van der Waals surface area contributed by atoms with Crippen LogP contribution in [0.1, 0.15) is 35.6 Å². The highest BCUT2D eigenvalue weighted by Crippen LogP contribution is 2.19. The minimum atomic E-state index is -0.602. The summed E-state index contributed by atoms with van der Waals surface area (Å²) in [7, 11) is 0. The second kappa shape index (κ2) is 12.4. The molecule has 0 aliphatic heterocycles. The van der Waals surface area contributed by atoms with Gasteiger partial charge in [-0.3, -0.25) is 9.59 Å². The first-order valence-corrected chi connectivity index (χ1v) is 12.2.